The van der Waals surface area contributed by atoms with E-state index < -0.39 is 0 Å². The van der Waals surface area contributed by atoms with Crippen LogP contribution in [0.15, 0.2) is 42.5 Å². The van der Waals surface area contributed by atoms with E-state index in [2.05, 4.69) is 9.97 Å². The van der Waals surface area contributed by atoms with Gasteiger partial charge in [0, 0.05) is 16.3 Å². The van der Waals surface area contributed by atoms with Gasteiger partial charge in [0.05, 0.1) is 21.6 Å². The van der Waals surface area contributed by atoms with Crippen molar-refractivity contribution < 1.29 is 4.39 Å². The molecule has 2 aromatic heterocycles. The first-order chi connectivity index (χ1) is 9.22. The highest BCUT2D eigenvalue weighted by Gasteiger charge is 2.10. The molecule has 4 aromatic rings. The summed E-state index contributed by atoms with van der Waals surface area (Å²) in [6, 6.07) is 12.2. The highest BCUT2D eigenvalue weighted by Crippen LogP contribution is 2.31. The summed E-state index contributed by atoms with van der Waals surface area (Å²) in [6.07, 6.45) is 0. The quantitative estimate of drug-likeness (QED) is 0.494. The fourth-order valence-electron chi connectivity index (χ4n) is 2.45. The Balaban J connectivity index is 2.24. The van der Waals surface area contributed by atoms with Gasteiger partial charge in [0.1, 0.15) is 5.82 Å². The molecule has 0 saturated carbocycles. The normalized spacial score (nSPS) is 11.7. The monoisotopic (exact) mass is 270 g/mol. The van der Waals surface area contributed by atoms with Crippen LogP contribution in [0.25, 0.3) is 32.8 Å². The molecule has 0 bridgehead atoms. The van der Waals surface area contributed by atoms with E-state index in [-0.39, 0.29) is 5.82 Å². The molecular formula is C15H8ClFN2. The van der Waals surface area contributed by atoms with Crippen LogP contribution in [0.5, 0.6) is 0 Å². The Hall–Kier alpha value is -2.13. The van der Waals surface area contributed by atoms with Crippen LogP contribution in [-0.2, 0) is 0 Å². The van der Waals surface area contributed by atoms with Gasteiger partial charge < -0.3 is 4.98 Å². The number of fused-ring (bicyclic) bond motifs is 4. The Kier molecular flexibility index (Phi) is 2.09. The number of nitrogens with one attached hydrogen (secondary N) is 1. The lowest BCUT2D eigenvalue weighted by atomic mass is 10.2. The number of H-pyrrole nitrogens is 1. The lowest BCUT2D eigenvalue weighted by Gasteiger charge is -1.98. The molecule has 0 spiro atoms. The third-order valence-electron chi connectivity index (χ3n) is 3.30. The standard InChI is InChI=1S/C15H8ClFN2/c16-10-2-1-3-12-14(10)15-13(18-12)7-8-6-9(17)4-5-11(8)19-15/h1-7,18H. The van der Waals surface area contributed by atoms with Crippen LogP contribution < -0.4 is 0 Å². The number of hydrogen-bond donors (Lipinski definition) is 1. The molecule has 0 saturated heterocycles. The van der Waals surface area contributed by atoms with Crippen molar-refractivity contribution in [3.8, 4) is 0 Å². The van der Waals surface area contributed by atoms with Gasteiger partial charge in [-0.1, -0.05) is 17.7 Å². The van der Waals surface area contributed by atoms with Crippen molar-refractivity contribution in [3.63, 3.8) is 0 Å². The number of hydrogen-bond acceptors (Lipinski definition) is 1. The molecule has 19 heavy (non-hydrogen) atoms. The first-order valence-electron chi connectivity index (χ1n) is 5.88. The number of halogens is 2. The number of nitrogens with zero attached hydrogens (tertiary/aromatic N) is 1. The second-order valence-corrected chi connectivity index (χ2v) is 4.92. The predicted molar refractivity (Wildman–Crippen MR) is 76.1 cm³/mol. The van der Waals surface area contributed by atoms with E-state index in [1.807, 2.05) is 24.3 Å². The van der Waals surface area contributed by atoms with Crippen molar-refractivity contribution in [1.82, 2.24) is 9.97 Å². The Labute approximate surface area is 112 Å². The highest BCUT2D eigenvalue weighted by molar-refractivity contribution is 6.37. The molecule has 4 heteroatoms. The molecule has 2 nitrogen and oxygen atoms in total. The zero-order chi connectivity index (χ0) is 13.0. The smallest absolute Gasteiger partial charge is 0.123 e. The van der Waals surface area contributed by atoms with Gasteiger partial charge >= 0.3 is 0 Å². The maximum atomic E-state index is 13.2. The maximum absolute atomic E-state index is 13.2. The number of benzene rings is 2. The molecule has 0 aliphatic heterocycles. The average molecular weight is 271 g/mol. The van der Waals surface area contributed by atoms with Crippen molar-refractivity contribution in [2.24, 2.45) is 0 Å². The number of aromatic amines is 1. The van der Waals surface area contributed by atoms with E-state index in [1.165, 1.54) is 12.1 Å². The number of aromatic nitrogens is 2. The van der Waals surface area contributed by atoms with Crippen molar-refractivity contribution in [2.75, 3.05) is 0 Å². The molecular weight excluding hydrogens is 263 g/mol. The third-order valence-corrected chi connectivity index (χ3v) is 3.61. The van der Waals surface area contributed by atoms with Crippen LogP contribution >= 0.6 is 11.6 Å². The molecule has 0 atom stereocenters. The number of pyridine rings is 1. The summed E-state index contributed by atoms with van der Waals surface area (Å²) in [4.78, 5) is 7.85. The van der Waals surface area contributed by atoms with Gasteiger partial charge in [0.15, 0.2) is 0 Å². The zero-order valence-electron chi connectivity index (χ0n) is 9.74. The first-order valence-corrected chi connectivity index (χ1v) is 6.26. The lowest BCUT2D eigenvalue weighted by Crippen LogP contribution is -1.82. The summed E-state index contributed by atoms with van der Waals surface area (Å²) in [7, 11) is 0. The molecule has 0 amide bonds. The van der Waals surface area contributed by atoms with Crippen LogP contribution in [0.2, 0.25) is 5.02 Å². The molecule has 0 aliphatic carbocycles. The molecule has 0 unspecified atom stereocenters. The van der Waals surface area contributed by atoms with Gasteiger partial charge in [-0.25, -0.2) is 9.37 Å². The second kappa shape index (κ2) is 3.68. The molecule has 1 N–H and O–H groups in total. The van der Waals surface area contributed by atoms with E-state index in [4.69, 9.17) is 11.6 Å². The highest BCUT2D eigenvalue weighted by atomic mass is 35.5. The topological polar surface area (TPSA) is 28.7 Å². The minimum atomic E-state index is -0.261. The largest absolute Gasteiger partial charge is 0.353 e. The lowest BCUT2D eigenvalue weighted by molar-refractivity contribution is 0.629. The molecule has 2 heterocycles. The van der Waals surface area contributed by atoms with Crippen LogP contribution in [0, 0.1) is 5.82 Å². The SMILES string of the molecule is Fc1ccc2nc3c(cc2c1)[nH]c1cccc(Cl)c13. The van der Waals surface area contributed by atoms with E-state index in [1.54, 1.807) is 6.07 Å². The Bertz CT molecular complexity index is 943. The third kappa shape index (κ3) is 1.52. The van der Waals surface area contributed by atoms with Crippen molar-refractivity contribution >= 4 is 44.4 Å². The van der Waals surface area contributed by atoms with E-state index in [0.717, 1.165) is 32.8 Å². The minimum Gasteiger partial charge on any atom is -0.353 e. The molecule has 0 fully saturated rings. The minimum absolute atomic E-state index is 0.261. The Morgan fingerprint density at radius 2 is 1.95 bits per heavy atom. The summed E-state index contributed by atoms with van der Waals surface area (Å²) >= 11 is 6.23. The predicted octanol–water partition coefficient (Wildman–Crippen LogP) is 4.66. The van der Waals surface area contributed by atoms with Crippen molar-refractivity contribution in [3.05, 3.63) is 53.3 Å². The molecule has 0 radical (unpaired) electrons. The van der Waals surface area contributed by atoms with Gasteiger partial charge in [-0.2, -0.15) is 0 Å². The Morgan fingerprint density at radius 1 is 1.05 bits per heavy atom. The van der Waals surface area contributed by atoms with Gasteiger partial charge in [0.25, 0.3) is 0 Å². The van der Waals surface area contributed by atoms with Crippen LogP contribution in [-0.4, -0.2) is 9.97 Å². The summed E-state index contributed by atoms with van der Waals surface area (Å²) < 4.78 is 13.2. The van der Waals surface area contributed by atoms with E-state index in [9.17, 15) is 4.39 Å². The van der Waals surface area contributed by atoms with E-state index in [0.29, 0.717) is 5.02 Å². The summed E-state index contributed by atoms with van der Waals surface area (Å²) in [5.41, 5.74) is 3.38. The summed E-state index contributed by atoms with van der Waals surface area (Å²) in [6.45, 7) is 0. The van der Waals surface area contributed by atoms with Crippen LogP contribution in [0.3, 0.4) is 0 Å². The van der Waals surface area contributed by atoms with Crippen LogP contribution in [0.4, 0.5) is 4.39 Å². The van der Waals surface area contributed by atoms with Gasteiger partial charge in [-0.15, -0.1) is 0 Å². The Morgan fingerprint density at radius 3 is 2.84 bits per heavy atom. The van der Waals surface area contributed by atoms with Crippen LogP contribution in [0.1, 0.15) is 0 Å². The number of rotatable bonds is 0. The van der Waals surface area contributed by atoms with Gasteiger partial charge in [-0.3, -0.25) is 0 Å². The average Bonchev–Trinajstić information content (AvgIpc) is 2.74. The molecule has 4 rings (SSSR count). The summed E-state index contributed by atoms with van der Waals surface area (Å²) in [5.74, 6) is -0.261. The zero-order valence-corrected chi connectivity index (χ0v) is 10.5. The molecule has 2 aromatic carbocycles. The maximum Gasteiger partial charge on any atom is 0.123 e. The van der Waals surface area contributed by atoms with Crippen molar-refractivity contribution in [1.29, 1.82) is 0 Å². The molecule has 0 aliphatic rings. The summed E-state index contributed by atoms with van der Waals surface area (Å²) in [5, 5.41) is 2.35. The fourth-order valence-corrected chi connectivity index (χ4v) is 2.71. The first kappa shape index (κ1) is 10.8. The van der Waals surface area contributed by atoms with Crippen molar-refractivity contribution in [2.45, 2.75) is 0 Å². The fraction of sp³-hybridized carbons (Fsp3) is 0. The van der Waals surface area contributed by atoms with E-state index >= 15 is 0 Å². The van der Waals surface area contributed by atoms with Gasteiger partial charge in [-0.05, 0) is 36.4 Å². The van der Waals surface area contributed by atoms with Gasteiger partial charge in [0.2, 0.25) is 0 Å². The molecule has 92 valence electrons. The second-order valence-electron chi connectivity index (χ2n) is 4.51.